The Morgan fingerprint density at radius 3 is 2.67 bits per heavy atom. The topological polar surface area (TPSA) is 75.4 Å². The van der Waals surface area contributed by atoms with Crippen molar-refractivity contribution in [3.8, 4) is 0 Å². The van der Waals surface area contributed by atoms with Crippen molar-refractivity contribution in [2.75, 3.05) is 5.32 Å². The maximum atomic E-state index is 10.8. The average Bonchev–Trinajstić information content (AvgIpc) is 2.72. The van der Waals surface area contributed by atoms with Gasteiger partial charge in [-0.05, 0) is 38.1 Å². The zero-order chi connectivity index (χ0) is 13.1. The van der Waals surface area contributed by atoms with Gasteiger partial charge in [0.25, 0.3) is 0 Å². The quantitative estimate of drug-likeness (QED) is 0.867. The second-order valence-electron chi connectivity index (χ2n) is 4.00. The minimum absolute atomic E-state index is 0.217. The van der Waals surface area contributed by atoms with Gasteiger partial charge in [0.05, 0.1) is 17.8 Å². The lowest BCUT2D eigenvalue weighted by atomic mass is 10.2. The van der Waals surface area contributed by atoms with Gasteiger partial charge in [-0.3, -0.25) is 0 Å². The Hall–Kier alpha value is -2.30. The van der Waals surface area contributed by atoms with E-state index in [1.54, 1.807) is 19.1 Å². The molecule has 0 radical (unpaired) electrons. The van der Waals surface area contributed by atoms with Gasteiger partial charge < -0.3 is 14.8 Å². The monoisotopic (exact) mass is 246 g/mol. The van der Waals surface area contributed by atoms with E-state index in [2.05, 4.69) is 10.3 Å². The standard InChI is InChI=1S/C13H14N2O3/c1-8-3-4-10(18-8)7-14-12-6-5-11(13(16)17)9(2)15-12/h3-6H,7H2,1-2H3,(H,14,15)(H,16,17). The molecular formula is C13H14N2O3. The van der Waals surface area contributed by atoms with Crippen LogP contribution < -0.4 is 5.32 Å². The fraction of sp³-hybridized carbons (Fsp3) is 0.231. The highest BCUT2D eigenvalue weighted by atomic mass is 16.4. The maximum Gasteiger partial charge on any atom is 0.337 e. The summed E-state index contributed by atoms with van der Waals surface area (Å²) in [5.74, 6) is 1.34. The molecule has 0 unspecified atom stereocenters. The summed E-state index contributed by atoms with van der Waals surface area (Å²) < 4.78 is 5.41. The summed E-state index contributed by atoms with van der Waals surface area (Å²) in [4.78, 5) is 15.0. The number of hydrogen-bond donors (Lipinski definition) is 2. The van der Waals surface area contributed by atoms with Crippen LogP contribution >= 0.6 is 0 Å². The molecule has 5 nitrogen and oxygen atoms in total. The van der Waals surface area contributed by atoms with E-state index in [0.717, 1.165) is 11.5 Å². The Morgan fingerprint density at radius 1 is 1.33 bits per heavy atom. The predicted octanol–water partition coefficient (Wildman–Crippen LogP) is 2.60. The number of aromatic carboxylic acids is 1. The minimum Gasteiger partial charge on any atom is -0.478 e. The molecule has 0 bridgehead atoms. The molecule has 0 saturated carbocycles. The van der Waals surface area contributed by atoms with Gasteiger partial charge in [-0.1, -0.05) is 0 Å². The minimum atomic E-state index is -0.965. The molecule has 0 aliphatic carbocycles. The summed E-state index contributed by atoms with van der Waals surface area (Å²) in [5, 5.41) is 12.0. The van der Waals surface area contributed by atoms with Crippen molar-refractivity contribution in [2.24, 2.45) is 0 Å². The lowest BCUT2D eigenvalue weighted by Gasteiger charge is -2.06. The molecule has 2 aromatic heterocycles. The third kappa shape index (κ3) is 2.68. The first kappa shape index (κ1) is 12.2. The van der Waals surface area contributed by atoms with Gasteiger partial charge in [0.15, 0.2) is 0 Å². The van der Waals surface area contributed by atoms with E-state index in [9.17, 15) is 4.79 Å². The normalized spacial score (nSPS) is 10.3. The lowest BCUT2D eigenvalue weighted by molar-refractivity contribution is 0.0695. The van der Waals surface area contributed by atoms with Crippen LogP contribution in [0, 0.1) is 13.8 Å². The molecule has 94 valence electrons. The Morgan fingerprint density at radius 2 is 2.11 bits per heavy atom. The highest BCUT2D eigenvalue weighted by molar-refractivity contribution is 5.89. The highest BCUT2D eigenvalue weighted by Crippen LogP contribution is 2.13. The zero-order valence-electron chi connectivity index (χ0n) is 10.2. The number of aromatic nitrogens is 1. The number of carbonyl (C=O) groups is 1. The van der Waals surface area contributed by atoms with Crippen molar-refractivity contribution >= 4 is 11.8 Å². The second-order valence-corrected chi connectivity index (χ2v) is 4.00. The zero-order valence-corrected chi connectivity index (χ0v) is 10.2. The molecule has 2 N–H and O–H groups in total. The number of aryl methyl sites for hydroxylation is 2. The van der Waals surface area contributed by atoms with Crippen molar-refractivity contribution in [2.45, 2.75) is 20.4 Å². The van der Waals surface area contributed by atoms with Gasteiger partial charge in [-0.25, -0.2) is 9.78 Å². The van der Waals surface area contributed by atoms with Gasteiger partial charge >= 0.3 is 5.97 Å². The first-order valence-corrected chi connectivity index (χ1v) is 5.56. The molecule has 2 heterocycles. The molecule has 2 rings (SSSR count). The Bertz CT molecular complexity index is 575. The van der Waals surface area contributed by atoms with Crippen LogP contribution in [-0.4, -0.2) is 16.1 Å². The number of pyridine rings is 1. The van der Waals surface area contributed by atoms with Crippen molar-refractivity contribution in [1.29, 1.82) is 0 Å². The van der Waals surface area contributed by atoms with Gasteiger partial charge in [0.2, 0.25) is 0 Å². The molecule has 0 fully saturated rings. The van der Waals surface area contributed by atoms with Crippen molar-refractivity contribution in [3.05, 3.63) is 47.0 Å². The molecular weight excluding hydrogens is 232 g/mol. The molecule has 0 saturated heterocycles. The maximum absolute atomic E-state index is 10.8. The summed E-state index contributed by atoms with van der Waals surface area (Å²) >= 11 is 0. The summed E-state index contributed by atoms with van der Waals surface area (Å²) in [6.07, 6.45) is 0. The van der Waals surface area contributed by atoms with Crippen LogP contribution in [0.4, 0.5) is 5.82 Å². The van der Waals surface area contributed by atoms with Crippen molar-refractivity contribution in [3.63, 3.8) is 0 Å². The average molecular weight is 246 g/mol. The van der Waals surface area contributed by atoms with E-state index < -0.39 is 5.97 Å². The number of furan rings is 1. The summed E-state index contributed by atoms with van der Waals surface area (Å²) in [7, 11) is 0. The number of carboxylic acid groups (broad SMARTS) is 1. The SMILES string of the molecule is Cc1ccc(CNc2ccc(C(=O)O)c(C)n2)o1. The van der Waals surface area contributed by atoms with Crippen molar-refractivity contribution in [1.82, 2.24) is 4.98 Å². The van der Waals surface area contributed by atoms with Crippen LogP contribution in [0.15, 0.2) is 28.7 Å². The Kier molecular flexibility index (Phi) is 3.32. The predicted molar refractivity (Wildman–Crippen MR) is 66.7 cm³/mol. The second kappa shape index (κ2) is 4.91. The van der Waals surface area contributed by atoms with E-state index in [-0.39, 0.29) is 5.56 Å². The third-order valence-corrected chi connectivity index (χ3v) is 2.56. The molecule has 5 heteroatoms. The molecule has 2 aromatic rings. The molecule has 0 atom stereocenters. The number of anilines is 1. The molecule has 0 aliphatic rings. The van der Waals surface area contributed by atoms with Crippen LogP contribution in [0.2, 0.25) is 0 Å². The molecule has 0 spiro atoms. The van der Waals surface area contributed by atoms with E-state index >= 15 is 0 Å². The summed E-state index contributed by atoms with van der Waals surface area (Å²) in [6.45, 7) is 4.08. The third-order valence-electron chi connectivity index (χ3n) is 2.56. The smallest absolute Gasteiger partial charge is 0.337 e. The van der Waals surface area contributed by atoms with Crippen LogP contribution in [0.25, 0.3) is 0 Å². The number of hydrogen-bond acceptors (Lipinski definition) is 4. The summed E-state index contributed by atoms with van der Waals surface area (Å²) in [6, 6.07) is 6.97. The van der Waals surface area contributed by atoms with E-state index in [1.807, 2.05) is 19.1 Å². The van der Waals surface area contributed by atoms with Crippen LogP contribution in [0.1, 0.15) is 27.6 Å². The molecule has 0 amide bonds. The van der Waals surface area contributed by atoms with Crippen molar-refractivity contribution < 1.29 is 14.3 Å². The highest BCUT2D eigenvalue weighted by Gasteiger charge is 2.08. The van der Waals surface area contributed by atoms with Crippen LogP contribution in [0.3, 0.4) is 0 Å². The van der Waals surface area contributed by atoms with Gasteiger partial charge in [0, 0.05) is 0 Å². The number of rotatable bonds is 4. The Labute approximate surface area is 104 Å². The van der Waals surface area contributed by atoms with Gasteiger partial charge in [-0.2, -0.15) is 0 Å². The fourth-order valence-corrected chi connectivity index (χ4v) is 1.64. The van der Waals surface area contributed by atoms with E-state index in [4.69, 9.17) is 9.52 Å². The molecule has 0 aromatic carbocycles. The molecule has 18 heavy (non-hydrogen) atoms. The fourth-order valence-electron chi connectivity index (χ4n) is 1.64. The number of nitrogens with zero attached hydrogens (tertiary/aromatic N) is 1. The van der Waals surface area contributed by atoms with Crippen LogP contribution in [-0.2, 0) is 6.54 Å². The first-order chi connectivity index (χ1) is 8.56. The van der Waals surface area contributed by atoms with E-state index in [1.165, 1.54) is 0 Å². The van der Waals surface area contributed by atoms with Gasteiger partial charge in [0.1, 0.15) is 17.3 Å². The van der Waals surface area contributed by atoms with Crippen LogP contribution in [0.5, 0.6) is 0 Å². The number of carboxylic acids is 1. The Balaban J connectivity index is 2.06. The van der Waals surface area contributed by atoms with Gasteiger partial charge in [-0.15, -0.1) is 0 Å². The molecule has 0 aliphatic heterocycles. The largest absolute Gasteiger partial charge is 0.478 e. The van der Waals surface area contributed by atoms with E-state index in [0.29, 0.717) is 18.1 Å². The number of nitrogens with one attached hydrogen (secondary N) is 1. The first-order valence-electron chi connectivity index (χ1n) is 5.56. The summed E-state index contributed by atoms with van der Waals surface area (Å²) in [5.41, 5.74) is 0.706. The lowest BCUT2D eigenvalue weighted by Crippen LogP contribution is -2.05.